The van der Waals surface area contributed by atoms with Gasteiger partial charge in [0, 0.05) is 16.1 Å². The van der Waals surface area contributed by atoms with Crippen molar-refractivity contribution in [2.24, 2.45) is 5.73 Å². The minimum atomic E-state index is -0.347. The van der Waals surface area contributed by atoms with E-state index < -0.39 is 0 Å². The van der Waals surface area contributed by atoms with Crippen LogP contribution in [-0.4, -0.2) is 5.11 Å². The molecule has 0 unspecified atom stereocenters. The Balaban J connectivity index is 2.51. The summed E-state index contributed by atoms with van der Waals surface area (Å²) < 4.78 is 0. The van der Waals surface area contributed by atoms with Gasteiger partial charge in [0.1, 0.15) is 5.75 Å². The number of hydrogen-bond donors (Lipinski definition) is 2. The van der Waals surface area contributed by atoms with Crippen LogP contribution >= 0.6 is 11.6 Å². The number of nitrogens with two attached hydrogens (primary N) is 1. The lowest BCUT2D eigenvalue weighted by Gasteiger charge is -2.39. The summed E-state index contributed by atoms with van der Waals surface area (Å²) in [4.78, 5) is 0. The number of benzene rings is 1. The van der Waals surface area contributed by atoms with Gasteiger partial charge in [-0.15, -0.1) is 0 Å². The molecular weight excluding hydrogens is 198 g/mol. The summed E-state index contributed by atoms with van der Waals surface area (Å²) in [6.07, 6.45) is 2.99. The Morgan fingerprint density at radius 3 is 2.57 bits per heavy atom. The smallest absolute Gasteiger partial charge is 0.123 e. The molecule has 1 aliphatic carbocycles. The lowest BCUT2D eigenvalue weighted by atomic mass is 9.72. The minimum absolute atomic E-state index is 0.302. The first-order valence-electron chi connectivity index (χ1n) is 4.81. The van der Waals surface area contributed by atoms with E-state index in [0.717, 1.165) is 30.4 Å². The summed E-state index contributed by atoms with van der Waals surface area (Å²) >= 11 is 5.94. The number of aryl methyl sites for hydroxylation is 1. The molecule has 0 radical (unpaired) electrons. The summed E-state index contributed by atoms with van der Waals surface area (Å²) in [6, 6.07) is 3.53. The number of halogens is 1. The van der Waals surface area contributed by atoms with Crippen molar-refractivity contribution in [1.29, 1.82) is 0 Å². The molecule has 1 aliphatic rings. The van der Waals surface area contributed by atoms with Crippen LogP contribution in [0, 0.1) is 6.92 Å². The standard InChI is InChI=1S/C11H14ClNO/c1-7-5-8(12)6-9(10(7)14)11(13)3-2-4-11/h5-6,14H,2-4,13H2,1H3. The molecule has 0 heterocycles. The van der Waals surface area contributed by atoms with E-state index in [1.807, 2.05) is 6.92 Å². The van der Waals surface area contributed by atoms with Crippen molar-refractivity contribution < 1.29 is 5.11 Å². The second-order valence-electron chi connectivity index (χ2n) is 4.13. The molecule has 0 amide bonds. The van der Waals surface area contributed by atoms with Gasteiger partial charge in [-0.3, -0.25) is 0 Å². The fourth-order valence-corrected chi connectivity index (χ4v) is 2.21. The quantitative estimate of drug-likeness (QED) is 0.750. The maximum absolute atomic E-state index is 9.88. The van der Waals surface area contributed by atoms with E-state index in [2.05, 4.69) is 0 Å². The SMILES string of the molecule is Cc1cc(Cl)cc(C2(N)CCC2)c1O. The molecule has 0 aliphatic heterocycles. The summed E-state index contributed by atoms with van der Waals surface area (Å²) in [7, 11) is 0. The lowest BCUT2D eigenvalue weighted by Crippen LogP contribution is -2.43. The van der Waals surface area contributed by atoms with E-state index in [9.17, 15) is 5.11 Å². The van der Waals surface area contributed by atoms with Gasteiger partial charge in [-0.1, -0.05) is 11.6 Å². The highest BCUT2D eigenvalue weighted by atomic mass is 35.5. The van der Waals surface area contributed by atoms with Crippen molar-refractivity contribution in [3.05, 3.63) is 28.3 Å². The molecule has 14 heavy (non-hydrogen) atoms. The molecule has 0 atom stereocenters. The van der Waals surface area contributed by atoms with Crippen molar-refractivity contribution in [2.75, 3.05) is 0 Å². The van der Waals surface area contributed by atoms with E-state index in [4.69, 9.17) is 17.3 Å². The van der Waals surface area contributed by atoms with E-state index in [-0.39, 0.29) is 5.54 Å². The molecule has 1 aromatic carbocycles. The zero-order valence-corrected chi connectivity index (χ0v) is 8.93. The van der Waals surface area contributed by atoms with Gasteiger partial charge >= 0.3 is 0 Å². The largest absolute Gasteiger partial charge is 0.507 e. The summed E-state index contributed by atoms with van der Waals surface area (Å²) in [5.41, 5.74) is 7.39. The van der Waals surface area contributed by atoms with Gasteiger partial charge in [0.05, 0.1) is 0 Å². The minimum Gasteiger partial charge on any atom is -0.507 e. The van der Waals surface area contributed by atoms with Crippen molar-refractivity contribution >= 4 is 11.6 Å². The number of aromatic hydroxyl groups is 1. The van der Waals surface area contributed by atoms with Crippen LogP contribution in [0.2, 0.25) is 5.02 Å². The van der Waals surface area contributed by atoms with E-state index in [1.54, 1.807) is 12.1 Å². The van der Waals surface area contributed by atoms with Gasteiger partial charge in [0.25, 0.3) is 0 Å². The van der Waals surface area contributed by atoms with Gasteiger partial charge in [-0.05, 0) is 43.9 Å². The van der Waals surface area contributed by atoms with E-state index >= 15 is 0 Å². The van der Waals surface area contributed by atoms with Gasteiger partial charge in [-0.2, -0.15) is 0 Å². The van der Waals surface area contributed by atoms with Crippen LogP contribution in [-0.2, 0) is 5.54 Å². The number of hydrogen-bond acceptors (Lipinski definition) is 2. The molecule has 0 spiro atoms. The van der Waals surface area contributed by atoms with E-state index in [1.165, 1.54) is 0 Å². The van der Waals surface area contributed by atoms with Crippen molar-refractivity contribution in [1.82, 2.24) is 0 Å². The van der Waals surface area contributed by atoms with Crippen LogP contribution in [0.15, 0.2) is 12.1 Å². The number of phenols is 1. The van der Waals surface area contributed by atoms with Crippen LogP contribution in [0.4, 0.5) is 0 Å². The average molecular weight is 212 g/mol. The summed E-state index contributed by atoms with van der Waals surface area (Å²) in [6.45, 7) is 1.84. The molecule has 2 rings (SSSR count). The Morgan fingerprint density at radius 2 is 2.07 bits per heavy atom. The average Bonchev–Trinajstić information content (AvgIpc) is 2.07. The third kappa shape index (κ3) is 1.39. The van der Waals surface area contributed by atoms with Crippen LogP contribution in [0.3, 0.4) is 0 Å². The van der Waals surface area contributed by atoms with Crippen molar-refractivity contribution in [2.45, 2.75) is 31.7 Å². The first-order chi connectivity index (χ1) is 6.53. The Bertz CT molecular complexity index is 372. The molecular formula is C11H14ClNO. The molecule has 3 N–H and O–H groups in total. The van der Waals surface area contributed by atoms with Crippen LogP contribution < -0.4 is 5.73 Å². The molecule has 1 saturated carbocycles. The zero-order chi connectivity index (χ0) is 10.3. The highest BCUT2D eigenvalue weighted by molar-refractivity contribution is 6.30. The van der Waals surface area contributed by atoms with E-state index in [0.29, 0.717) is 10.8 Å². The topological polar surface area (TPSA) is 46.2 Å². The summed E-state index contributed by atoms with van der Waals surface area (Å²) in [5.74, 6) is 0.302. The normalized spacial score (nSPS) is 19.1. The Morgan fingerprint density at radius 1 is 1.43 bits per heavy atom. The van der Waals surface area contributed by atoms with Gasteiger partial charge < -0.3 is 10.8 Å². The monoisotopic (exact) mass is 211 g/mol. The van der Waals surface area contributed by atoms with Gasteiger partial charge in [0.15, 0.2) is 0 Å². The first kappa shape index (κ1) is 9.81. The highest BCUT2D eigenvalue weighted by Crippen LogP contribution is 2.44. The molecule has 3 heteroatoms. The molecule has 1 aromatic rings. The predicted octanol–water partition coefficient (Wildman–Crippen LogP) is 2.69. The maximum Gasteiger partial charge on any atom is 0.123 e. The zero-order valence-electron chi connectivity index (χ0n) is 8.18. The maximum atomic E-state index is 9.88. The first-order valence-corrected chi connectivity index (χ1v) is 5.19. The lowest BCUT2D eigenvalue weighted by molar-refractivity contribution is 0.245. The van der Waals surface area contributed by atoms with Gasteiger partial charge in [-0.25, -0.2) is 0 Å². The number of rotatable bonds is 1. The Hall–Kier alpha value is -0.730. The Kier molecular flexibility index (Phi) is 2.20. The summed E-state index contributed by atoms with van der Waals surface area (Å²) in [5, 5.41) is 10.5. The second kappa shape index (κ2) is 3.14. The molecule has 0 saturated heterocycles. The molecule has 0 aromatic heterocycles. The molecule has 1 fully saturated rings. The highest BCUT2D eigenvalue weighted by Gasteiger charge is 2.36. The molecule has 2 nitrogen and oxygen atoms in total. The van der Waals surface area contributed by atoms with Crippen molar-refractivity contribution in [3.63, 3.8) is 0 Å². The molecule has 0 bridgehead atoms. The van der Waals surface area contributed by atoms with Gasteiger partial charge in [0.2, 0.25) is 0 Å². The van der Waals surface area contributed by atoms with Crippen LogP contribution in [0.5, 0.6) is 5.75 Å². The second-order valence-corrected chi connectivity index (χ2v) is 4.56. The fourth-order valence-electron chi connectivity index (χ4n) is 1.94. The van der Waals surface area contributed by atoms with Crippen molar-refractivity contribution in [3.8, 4) is 5.75 Å². The Labute approximate surface area is 88.7 Å². The number of phenolic OH excluding ortho intramolecular Hbond substituents is 1. The fraction of sp³-hybridized carbons (Fsp3) is 0.455. The molecule has 76 valence electrons. The third-order valence-corrected chi connectivity index (χ3v) is 3.27. The predicted molar refractivity (Wildman–Crippen MR) is 57.6 cm³/mol. The van der Waals surface area contributed by atoms with Crippen LogP contribution in [0.25, 0.3) is 0 Å². The third-order valence-electron chi connectivity index (χ3n) is 3.05. The van der Waals surface area contributed by atoms with Crippen LogP contribution in [0.1, 0.15) is 30.4 Å².